The lowest BCUT2D eigenvalue weighted by atomic mass is 10.1. The van der Waals surface area contributed by atoms with Crippen LogP contribution in [0.25, 0.3) is 0 Å². The molecular weight excluding hydrogens is 509 g/mol. The minimum atomic E-state index is -4.79. The number of aryl methyl sites for hydroxylation is 1. The molecule has 2 aromatic carbocycles. The van der Waals surface area contributed by atoms with E-state index < -0.39 is 22.1 Å². The number of ether oxygens (including phenoxy) is 1. The molecule has 0 aliphatic carbocycles. The molecule has 2 heterocycles. The summed E-state index contributed by atoms with van der Waals surface area (Å²) in [4.78, 5) is 14.8. The molecule has 0 radical (unpaired) electrons. The maximum Gasteiger partial charge on any atom is 0.573 e. The summed E-state index contributed by atoms with van der Waals surface area (Å²) >= 11 is 0. The molecule has 12 heteroatoms. The van der Waals surface area contributed by atoms with Crippen LogP contribution in [0.3, 0.4) is 0 Å². The number of alkyl halides is 3. The van der Waals surface area contributed by atoms with Gasteiger partial charge >= 0.3 is 6.36 Å². The standard InChI is InChI=1S/C25H27F3N4O4S/c1-17-15-23(24(33)29-19-5-9-21(10-6-19)36-25(26,27)28)30-32(17)16-18-3-7-20(8-4-18)31-13-11-22(12-14-31)37(2,34)35/h3-10,15,22H,11-14,16H2,1-2H3,(H,29,33). The van der Waals surface area contributed by atoms with Gasteiger partial charge < -0.3 is 15.0 Å². The number of amides is 1. The molecule has 0 saturated carbocycles. The van der Waals surface area contributed by atoms with Crippen LogP contribution in [0.1, 0.15) is 34.6 Å². The highest BCUT2D eigenvalue weighted by molar-refractivity contribution is 7.91. The number of rotatable bonds is 7. The molecule has 37 heavy (non-hydrogen) atoms. The third-order valence-corrected chi connectivity index (χ3v) is 7.92. The van der Waals surface area contributed by atoms with E-state index in [1.165, 1.54) is 18.4 Å². The van der Waals surface area contributed by atoms with Gasteiger partial charge in [0.05, 0.1) is 11.8 Å². The van der Waals surface area contributed by atoms with E-state index in [4.69, 9.17) is 0 Å². The van der Waals surface area contributed by atoms with Gasteiger partial charge in [-0.25, -0.2) is 8.42 Å². The highest BCUT2D eigenvalue weighted by Gasteiger charge is 2.31. The minimum absolute atomic E-state index is 0.179. The quantitative estimate of drug-likeness (QED) is 0.481. The van der Waals surface area contributed by atoms with Crippen LogP contribution >= 0.6 is 0 Å². The Morgan fingerprint density at radius 2 is 1.70 bits per heavy atom. The molecule has 1 aromatic heterocycles. The minimum Gasteiger partial charge on any atom is -0.406 e. The van der Waals surface area contributed by atoms with Crippen LogP contribution < -0.4 is 15.0 Å². The summed E-state index contributed by atoms with van der Waals surface area (Å²) in [6, 6.07) is 14.4. The van der Waals surface area contributed by atoms with Gasteiger partial charge in [0.1, 0.15) is 15.6 Å². The molecule has 1 amide bonds. The van der Waals surface area contributed by atoms with E-state index in [2.05, 4.69) is 20.1 Å². The molecule has 4 rings (SSSR count). The summed E-state index contributed by atoms with van der Waals surface area (Å²) in [6.45, 7) is 3.64. The lowest BCUT2D eigenvalue weighted by Crippen LogP contribution is -2.39. The summed E-state index contributed by atoms with van der Waals surface area (Å²) in [7, 11) is -3.01. The Bertz CT molecular complexity index is 1350. The summed E-state index contributed by atoms with van der Waals surface area (Å²) in [5.41, 5.74) is 3.26. The zero-order chi connectivity index (χ0) is 26.8. The molecule has 1 aliphatic rings. The van der Waals surface area contributed by atoms with Crippen molar-refractivity contribution < 1.29 is 31.1 Å². The molecule has 0 spiro atoms. The van der Waals surface area contributed by atoms with E-state index in [1.807, 2.05) is 31.2 Å². The highest BCUT2D eigenvalue weighted by atomic mass is 32.2. The number of benzene rings is 2. The average molecular weight is 537 g/mol. The first-order chi connectivity index (χ1) is 17.4. The number of halogens is 3. The first-order valence-electron chi connectivity index (χ1n) is 11.6. The number of carbonyl (C=O) groups excluding carboxylic acids is 1. The van der Waals surface area contributed by atoms with Crippen molar-refractivity contribution in [2.75, 3.05) is 29.6 Å². The maximum atomic E-state index is 12.6. The lowest BCUT2D eigenvalue weighted by molar-refractivity contribution is -0.274. The van der Waals surface area contributed by atoms with Gasteiger partial charge in [-0.05, 0) is 67.8 Å². The summed E-state index contributed by atoms with van der Waals surface area (Å²) in [5.74, 6) is -0.866. The average Bonchev–Trinajstić information content (AvgIpc) is 3.20. The number of nitrogens with zero attached hydrogens (tertiary/aromatic N) is 3. The number of anilines is 2. The van der Waals surface area contributed by atoms with Gasteiger partial charge in [0.2, 0.25) is 0 Å². The van der Waals surface area contributed by atoms with E-state index >= 15 is 0 Å². The Labute approximate surface area is 213 Å². The molecule has 1 N–H and O–H groups in total. The van der Waals surface area contributed by atoms with Gasteiger partial charge in [-0.3, -0.25) is 9.48 Å². The van der Waals surface area contributed by atoms with E-state index in [0.29, 0.717) is 38.2 Å². The Kier molecular flexibility index (Phi) is 7.49. The largest absolute Gasteiger partial charge is 0.573 e. The van der Waals surface area contributed by atoms with Crippen LogP contribution in [-0.2, 0) is 16.4 Å². The predicted molar refractivity (Wildman–Crippen MR) is 134 cm³/mol. The Balaban J connectivity index is 1.35. The van der Waals surface area contributed by atoms with Crippen molar-refractivity contribution in [1.82, 2.24) is 9.78 Å². The van der Waals surface area contributed by atoms with Gasteiger partial charge in [-0.1, -0.05) is 12.1 Å². The number of sulfone groups is 1. The first kappa shape index (κ1) is 26.5. The Morgan fingerprint density at radius 1 is 1.08 bits per heavy atom. The highest BCUT2D eigenvalue weighted by Crippen LogP contribution is 2.25. The molecule has 0 unspecified atom stereocenters. The SMILES string of the molecule is Cc1cc(C(=O)Nc2ccc(OC(F)(F)F)cc2)nn1Cc1ccc(N2CCC(S(C)(=O)=O)CC2)cc1. The first-order valence-corrected chi connectivity index (χ1v) is 13.6. The monoisotopic (exact) mass is 536 g/mol. The number of hydrogen-bond donors (Lipinski definition) is 1. The van der Waals surface area contributed by atoms with Gasteiger partial charge in [0.15, 0.2) is 5.69 Å². The van der Waals surface area contributed by atoms with Crippen molar-refractivity contribution in [3.05, 3.63) is 71.5 Å². The molecule has 1 saturated heterocycles. The number of hydrogen-bond acceptors (Lipinski definition) is 6. The number of carbonyl (C=O) groups is 1. The van der Waals surface area contributed by atoms with Crippen molar-refractivity contribution in [2.45, 2.75) is 37.9 Å². The van der Waals surface area contributed by atoms with Crippen LogP contribution in [0.15, 0.2) is 54.6 Å². The predicted octanol–water partition coefficient (Wildman–Crippen LogP) is 4.40. The van der Waals surface area contributed by atoms with E-state index in [-0.39, 0.29) is 16.7 Å². The van der Waals surface area contributed by atoms with Gasteiger partial charge in [-0.2, -0.15) is 5.10 Å². The van der Waals surface area contributed by atoms with Crippen LogP contribution in [0.2, 0.25) is 0 Å². The van der Waals surface area contributed by atoms with Crippen molar-refractivity contribution in [1.29, 1.82) is 0 Å². The molecule has 0 atom stereocenters. The van der Waals surface area contributed by atoms with Crippen LogP contribution in [0.5, 0.6) is 5.75 Å². The molecule has 198 valence electrons. The van der Waals surface area contributed by atoms with E-state index in [1.54, 1.807) is 10.7 Å². The number of piperidine rings is 1. The molecule has 0 bridgehead atoms. The molecule has 1 fully saturated rings. The molecule has 1 aliphatic heterocycles. The normalized spacial score (nSPS) is 15.0. The Hall–Kier alpha value is -3.54. The fourth-order valence-corrected chi connectivity index (χ4v) is 5.31. The number of aromatic nitrogens is 2. The van der Waals surface area contributed by atoms with Crippen LogP contribution in [-0.4, -0.2) is 55.1 Å². The third kappa shape index (κ3) is 7.03. The lowest BCUT2D eigenvalue weighted by Gasteiger charge is -2.32. The summed E-state index contributed by atoms with van der Waals surface area (Å²) < 4.78 is 66.0. The summed E-state index contributed by atoms with van der Waals surface area (Å²) in [5, 5.41) is 6.71. The maximum absolute atomic E-state index is 12.6. The van der Waals surface area contributed by atoms with Gasteiger partial charge in [0.25, 0.3) is 5.91 Å². The molecular formula is C25H27F3N4O4S. The smallest absolute Gasteiger partial charge is 0.406 e. The number of nitrogens with one attached hydrogen (secondary N) is 1. The van der Waals surface area contributed by atoms with Crippen LogP contribution in [0.4, 0.5) is 24.5 Å². The third-order valence-electron chi connectivity index (χ3n) is 6.24. The second kappa shape index (κ2) is 10.4. The van der Waals surface area contributed by atoms with Gasteiger partial charge in [-0.15, -0.1) is 13.2 Å². The van der Waals surface area contributed by atoms with Crippen molar-refractivity contribution in [3.63, 3.8) is 0 Å². The topological polar surface area (TPSA) is 93.5 Å². The van der Waals surface area contributed by atoms with E-state index in [9.17, 15) is 26.4 Å². The Morgan fingerprint density at radius 3 is 2.27 bits per heavy atom. The second-order valence-electron chi connectivity index (χ2n) is 9.04. The summed E-state index contributed by atoms with van der Waals surface area (Å²) in [6.07, 6.45) is -2.26. The van der Waals surface area contributed by atoms with Crippen molar-refractivity contribution >= 4 is 27.1 Å². The molecule has 8 nitrogen and oxygen atoms in total. The van der Waals surface area contributed by atoms with Crippen molar-refractivity contribution in [2.24, 2.45) is 0 Å². The fraction of sp³-hybridized carbons (Fsp3) is 0.360. The zero-order valence-corrected chi connectivity index (χ0v) is 21.1. The fourth-order valence-electron chi connectivity index (χ4n) is 4.24. The zero-order valence-electron chi connectivity index (χ0n) is 20.3. The van der Waals surface area contributed by atoms with Gasteiger partial charge in [0, 0.05) is 36.4 Å². The van der Waals surface area contributed by atoms with E-state index in [0.717, 1.165) is 29.1 Å². The van der Waals surface area contributed by atoms with Crippen LogP contribution in [0, 0.1) is 6.92 Å². The molecule has 3 aromatic rings. The second-order valence-corrected chi connectivity index (χ2v) is 11.4. The van der Waals surface area contributed by atoms with Crippen molar-refractivity contribution in [3.8, 4) is 5.75 Å².